The van der Waals surface area contributed by atoms with E-state index in [2.05, 4.69) is 4.99 Å². The number of rotatable bonds is 3. The smallest absolute Gasteiger partial charge is 0.418 e. The predicted molar refractivity (Wildman–Crippen MR) is 72.1 cm³/mol. The van der Waals surface area contributed by atoms with E-state index in [1.807, 2.05) is 6.92 Å². The monoisotopic (exact) mass is 279 g/mol. The molecule has 0 saturated heterocycles. The third kappa shape index (κ3) is 3.60. The number of allylic oxidation sites excluding steroid dienone is 1. The van der Waals surface area contributed by atoms with Crippen LogP contribution in [-0.4, -0.2) is 6.21 Å². The van der Waals surface area contributed by atoms with Gasteiger partial charge in [-0.1, -0.05) is 12.1 Å². The van der Waals surface area contributed by atoms with Crippen LogP contribution >= 0.6 is 0 Å². The molecule has 0 unspecified atom stereocenters. The largest absolute Gasteiger partial charge is 0.462 e. The minimum atomic E-state index is -4.41. The van der Waals surface area contributed by atoms with Gasteiger partial charge in [0.2, 0.25) is 0 Å². The average Bonchev–Trinajstić information content (AvgIpc) is 2.80. The van der Waals surface area contributed by atoms with Crippen molar-refractivity contribution >= 4 is 18.0 Å². The van der Waals surface area contributed by atoms with Crippen molar-refractivity contribution in [2.75, 3.05) is 0 Å². The fraction of sp³-hybridized carbons (Fsp3) is 0.133. The predicted octanol–water partition coefficient (Wildman–Crippen LogP) is 5.02. The third-order valence-electron chi connectivity index (χ3n) is 2.53. The number of aliphatic imine (C=N–C) groups is 1. The van der Waals surface area contributed by atoms with Crippen molar-refractivity contribution in [3.05, 3.63) is 59.6 Å². The molecule has 0 amide bonds. The number of para-hydroxylation sites is 1. The zero-order valence-corrected chi connectivity index (χ0v) is 10.7. The Balaban J connectivity index is 2.14. The van der Waals surface area contributed by atoms with E-state index in [1.54, 1.807) is 18.2 Å². The van der Waals surface area contributed by atoms with Crippen molar-refractivity contribution in [2.24, 2.45) is 4.99 Å². The molecule has 0 aliphatic carbocycles. The second-order valence-corrected chi connectivity index (χ2v) is 4.10. The van der Waals surface area contributed by atoms with E-state index in [9.17, 15) is 13.2 Å². The van der Waals surface area contributed by atoms with Crippen LogP contribution in [0.5, 0.6) is 0 Å². The summed E-state index contributed by atoms with van der Waals surface area (Å²) in [6.45, 7) is 1.81. The first-order chi connectivity index (χ1) is 9.47. The first kappa shape index (κ1) is 14.1. The van der Waals surface area contributed by atoms with Crippen LogP contribution in [-0.2, 0) is 6.18 Å². The van der Waals surface area contributed by atoms with Crippen LogP contribution in [0.25, 0.3) is 6.08 Å². The lowest BCUT2D eigenvalue weighted by molar-refractivity contribution is -0.137. The number of aryl methyl sites for hydroxylation is 1. The first-order valence-electron chi connectivity index (χ1n) is 5.90. The molecule has 0 atom stereocenters. The summed E-state index contributed by atoms with van der Waals surface area (Å²) < 4.78 is 43.4. The molecule has 0 aliphatic heterocycles. The molecule has 1 aromatic heterocycles. The molecule has 20 heavy (non-hydrogen) atoms. The Morgan fingerprint density at radius 3 is 2.50 bits per heavy atom. The second-order valence-electron chi connectivity index (χ2n) is 4.10. The topological polar surface area (TPSA) is 25.5 Å². The van der Waals surface area contributed by atoms with Gasteiger partial charge in [-0.05, 0) is 43.3 Å². The molecule has 0 radical (unpaired) electrons. The molecule has 104 valence electrons. The molecule has 2 rings (SSSR count). The van der Waals surface area contributed by atoms with E-state index in [1.165, 1.54) is 30.5 Å². The van der Waals surface area contributed by atoms with Crippen LogP contribution in [0.4, 0.5) is 18.9 Å². The zero-order valence-electron chi connectivity index (χ0n) is 10.7. The lowest BCUT2D eigenvalue weighted by Gasteiger charge is -2.08. The molecule has 1 aromatic carbocycles. The highest BCUT2D eigenvalue weighted by molar-refractivity contribution is 5.80. The molecule has 0 fully saturated rings. The highest BCUT2D eigenvalue weighted by Gasteiger charge is 2.32. The van der Waals surface area contributed by atoms with Gasteiger partial charge in [0.25, 0.3) is 0 Å². The second kappa shape index (κ2) is 5.77. The number of halogens is 3. The Hall–Kier alpha value is -2.30. The van der Waals surface area contributed by atoms with Gasteiger partial charge in [0.05, 0.1) is 11.3 Å². The lowest BCUT2D eigenvalue weighted by Crippen LogP contribution is -2.04. The normalized spacial score (nSPS) is 12.6. The SMILES string of the molecule is Cc1ccc(C=CC=Nc2ccccc2C(F)(F)F)o1. The maximum Gasteiger partial charge on any atom is 0.418 e. The average molecular weight is 279 g/mol. The zero-order chi connectivity index (χ0) is 14.6. The highest BCUT2D eigenvalue weighted by Crippen LogP contribution is 2.35. The number of hydrogen-bond donors (Lipinski definition) is 0. The summed E-state index contributed by atoms with van der Waals surface area (Å²) in [5.74, 6) is 1.39. The van der Waals surface area contributed by atoms with Crippen molar-refractivity contribution in [1.82, 2.24) is 0 Å². The van der Waals surface area contributed by atoms with E-state index < -0.39 is 11.7 Å². The molecule has 0 saturated carbocycles. The van der Waals surface area contributed by atoms with Gasteiger partial charge in [-0.2, -0.15) is 13.2 Å². The summed E-state index contributed by atoms with van der Waals surface area (Å²) in [7, 11) is 0. The number of nitrogens with zero attached hydrogens (tertiary/aromatic N) is 1. The van der Waals surface area contributed by atoms with Crippen molar-refractivity contribution in [3.8, 4) is 0 Å². The van der Waals surface area contributed by atoms with Gasteiger partial charge in [-0.15, -0.1) is 0 Å². The maximum atomic E-state index is 12.7. The Labute approximate surface area is 114 Å². The van der Waals surface area contributed by atoms with E-state index in [0.717, 1.165) is 11.8 Å². The standard InChI is InChI=1S/C15H12F3NO/c1-11-8-9-12(20-11)5-4-10-19-14-7-3-2-6-13(14)15(16,17)18/h2-10H,1H3. The van der Waals surface area contributed by atoms with E-state index in [0.29, 0.717) is 5.76 Å². The third-order valence-corrected chi connectivity index (χ3v) is 2.53. The van der Waals surface area contributed by atoms with Gasteiger partial charge in [-0.3, -0.25) is 4.99 Å². The molecular weight excluding hydrogens is 267 g/mol. The molecule has 0 aliphatic rings. The molecule has 2 aromatic rings. The number of alkyl halides is 3. The van der Waals surface area contributed by atoms with E-state index in [4.69, 9.17) is 4.42 Å². The van der Waals surface area contributed by atoms with Gasteiger partial charge >= 0.3 is 6.18 Å². The summed E-state index contributed by atoms with van der Waals surface area (Å²) in [6.07, 6.45) is 0.0658. The fourth-order valence-corrected chi connectivity index (χ4v) is 1.63. The fourth-order valence-electron chi connectivity index (χ4n) is 1.63. The van der Waals surface area contributed by atoms with Crippen molar-refractivity contribution in [3.63, 3.8) is 0 Å². The Kier molecular flexibility index (Phi) is 4.08. The number of benzene rings is 1. The number of furan rings is 1. The van der Waals surface area contributed by atoms with Crippen molar-refractivity contribution in [2.45, 2.75) is 13.1 Å². The lowest BCUT2D eigenvalue weighted by atomic mass is 10.2. The van der Waals surface area contributed by atoms with Crippen molar-refractivity contribution < 1.29 is 17.6 Å². The molecule has 2 nitrogen and oxygen atoms in total. The summed E-state index contributed by atoms with van der Waals surface area (Å²) >= 11 is 0. The van der Waals surface area contributed by atoms with Gasteiger partial charge in [0.1, 0.15) is 11.5 Å². The molecular formula is C15H12F3NO. The van der Waals surface area contributed by atoms with Crippen LogP contribution < -0.4 is 0 Å². The summed E-state index contributed by atoms with van der Waals surface area (Å²) in [6, 6.07) is 8.75. The van der Waals surface area contributed by atoms with Crippen LogP contribution in [0.15, 0.2) is 51.9 Å². The summed E-state index contributed by atoms with van der Waals surface area (Å²) in [4.78, 5) is 3.82. The Bertz CT molecular complexity index is 639. The van der Waals surface area contributed by atoms with Gasteiger partial charge in [0.15, 0.2) is 0 Å². The van der Waals surface area contributed by atoms with E-state index in [-0.39, 0.29) is 5.69 Å². The molecule has 5 heteroatoms. The molecule has 0 bridgehead atoms. The quantitative estimate of drug-likeness (QED) is 0.724. The van der Waals surface area contributed by atoms with Crippen LogP contribution in [0.1, 0.15) is 17.1 Å². The van der Waals surface area contributed by atoms with E-state index >= 15 is 0 Å². The van der Waals surface area contributed by atoms with Gasteiger partial charge < -0.3 is 4.42 Å². The van der Waals surface area contributed by atoms with Crippen LogP contribution in [0.2, 0.25) is 0 Å². The highest BCUT2D eigenvalue weighted by atomic mass is 19.4. The number of hydrogen-bond acceptors (Lipinski definition) is 2. The van der Waals surface area contributed by atoms with Crippen molar-refractivity contribution in [1.29, 1.82) is 0 Å². The summed E-state index contributed by atoms with van der Waals surface area (Å²) in [5.41, 5.74) is -0.862. The molecule has 0 N–H and O–H groups in total. The van der Waals surface area contributed by atoms with Crippen LogP contribution in [0, 0.1) is 6.92 Å². The maximum absolute atomic E-state index is 12.7. The molecule has 0 spiro atoms. The Morgan fingerprint density at radius 2 is 1.85 bits per heavy atom. The summed E-state index contributed by atoms with van der Waals surface area (Å²) in [5, 5.41) is 0. The van der Waals surface area contributed by atoms with Crippen LogP contribution in [0.3, 0.4) is 0 Å². The minimum Gasteiger partial charge on any atom is -0.462 e. The minimum absolute atomic E-state index is 0.111. The first-order valence-corrected chi connectivity index (χ1v) is 5.90. The Morgan fingerprint density at radius 1 is 1.10 bits per heavy atom. The molecule has 1 heterocycles. The van der Waals surface area contributed by atoms with Gasteiger partial charge in [-0.25, -0.2) is 0 Å². The van der Waals surface area contributed by atoms with Gasteiger partial charge in [0, 0.05) is 6.21 Å².